The summed E-state index contributed by atoms with van der Waals surface area (Å²) in [5, 5.41) is 12.0. The number of rotatable bonds is 0. The van der Waals surface area contributed by atoms with Crippen LogP contribution in [0.1, 0.15) is 0 Å². The summed E-state index contributed by atoms with van der Waals surface area (Å²) < 4.78 is 0. The zero-order chi connectivity index (χ0) is 4.00. The Kier molecular flexibility index (Phi) is 1700. The highest BCUT2D eigenvalue weighted by atomic mass is 28.1. The third kappa shape index (κ3) is 147. The molecule has 0 bridgehead atoms. The lowest BCUT2D eigenvalue weighted by atomic mass is 11.9. The van der Waals surface area contributed by atoms with Crippen molar-refractivity contribution < 1.29 is 10.5 Å². The summed E-state index contributed by atoms with van der Waals surface area (Å²) in [6, 6.07) is 0. The molecule has 0 fully saturated rings. The summed E-state index contributed by atoms with van der Waals surface area (Å²) in [7, 11) is 1.31. The molecule has 0 radical (unpaired) electrons. The second-order valence-corrected chi connectivity index (χ2v) is 0. The van der Waals surface area contributed by atoms with Gasteiger partial charge < -0.3 is 0 Å². The van der Waals surface area contributed by atoms with Crippen molar-refractivity contribution in [1.82, 2.24) is 0 Å². The molecule has 28 valence electrons. The van der Waals surface area contributed by atoms with Gasteiger partial charge in [0.2, 0.25) is 0 Å². The average molecular weight is 80.2 g/mol. The van der Waals surface area contributed by atoms with Gasteiger partial charge in [-0.15, -0.1) is 0 Å². The Morgan fingerprint density at radius 1 is 1.25 bits per heavy atom. The maximum absolute atomic E-state index is 6.00. The number of hydrogen-bond acceptors (Lipinski definition) is 2. The molecule has 0 unspecified atom stereocenters. The molecule has 4 heavy (non-hydrogen) atoms. The van der Waals surface area contributed by atoms with Crippen molar-refractivity contribution in [3.05, 3.63) is 0 Å². The molecule has 0 aromatic carbocycles. The van der Waals surface area contributed by atoms with Gasteiger partial charge in [0.15, 0.2) is 0 Å². The van der Waals surface area contributed by atoms with E-state index in [1.54, 1.807) is 0 Å². The van der Waals surface area contributed by atoms with E-state index < -0.39 is 0 Å². The predicted molar refractivity (Wildman–Crippen MR) is 21.1 cm³/mol. The first-order valence-corrected chi connectivity index (χ1v) is 3.20. The highest BCUT2D eigenvalue weighted by Crippen LogP contribution is 0.960. The highest BCUT2D eigenvalue weighted by Gasteiger charge is 0.962. The summed E-state index contributed by atoms with van der Waals surface area (Å²) in [5.74, 6) is 0. The van der Waals surface area contributed by atoms with Crippen LogP contribution in [-0.4, -0.2) is 20.8 Å². The highest BCUT2D eigenvalue weighted by molar-refractivity contribution is 6.05. The van der Waals surface area contributed by atoms with Crippen LogP contribution in [0.25, 0.3) is 0 Å². The fourth-order valence-corrected chi connectivity index (χ4v) is 0. The Morgan fingerprint density at radius 2 is 1.25 bits per heavy atom. The Bertz CT molecular complexity index is 6.00. The van der Waals surface area contributed by atoms with Crippen LogP contribution in [0.15, 0.2) is 0 Å². The van der Waals surface area contributed by atoms with Crippen LogP contribution in [0.4, 0.5) is 0 Å². The molecular formula is CH8O2Si. The molecule has 0 aromatic heterocycles. The van der Waals surface area contributed by atoms with Crippen LogP contribution in [0, 0.1) is 0 Å². The van der Waals surface area contributed by atoms with Gasteiger partial charge >= 0.3 is 0 Å². The second-order valence-electron chi connectivity index (χ2n) is 0. The Morgan fingerprint density at radius 3 is 1.25 bits per heavy atom. The maximum Gasteiger partial charge on any atom is -0.000585 e. The molecule has 0 saturated heterocycles. The molecule has 0 atom stereocenters. The van der Waals surface area contributed by atoms with E-state index in [9.17, 15) is 0 Å². The van der Waals surface area contributed by atoms with Crippen LogP contribution in [0.5, 0.6) is 0 Å². The minimum Gasteiger partial charge on any atom is -0.255 e. The molecule has 0 aromatic rings. The van der Waals surface area contributed by atoms with Gasteiger partial charge in [-0.25, -0.2) is 0 Å². The lowest BCUT2D eigenvalue weighted by molar-refractivity contribution is -0.176. The predicted octanol–water partition coefficient (Wildman–Crippen LogP) is -0.583. The maximum atomic E-state index is 6.00. The van der Waals surface area contributed by atoms with E-state index in [0.717, 1.165) is 0 Å². The van der Waals surface area contributed by atoms with Gasteiger partial charge in [0.25, 0.3) is 0 Å². The van der Waals surface area contributed by atoms with Crippen molar-refractivity contribution in [1.29, 1.82) is 0 Å². The van der Waals surface area contributed by atoms with Crippen LogP contribution >= 0.6 is 0 Å². The van der Waals surface area contributed by atoms with Crippen molar-refractivity contribution in [2.75, 3.05) is 0 Å². The lowest BCUT2D eigenvalue weighted by Crippen LogP contribution is -1.29. The summed E-state index contributed by atoms with van der Waals surface area (Å²) in [5.41, 5.74) is 0. The molecule has 0 saturated carbocycles. The number of hydrogen-bond donors (Lipinski definition) is 2. The Labute approximate surface area is 28.4 Å². The van der Waals surface area contributed by atoms with Crippen molar-refractivity contribution in [2.45, 2.75) is 6.55 Å². The molecule has 0 aliphatic carbocycles. The van der Waals surface area contributed by atoms with E-state index in [4.69, 9.17) is 10.5 Å². The molecular weight excluding hydrogens is 72.1 g/mol. The SMILES string of the molecule is C[SiH3].OO. The molecule has 0 rings (SSSR count). The molecule has 0 heterocycles. The van der Waals surface area contributed by atoms with Crippen LogP contribution < -0.4 is 0 Å². The quantitative estimate of drug-likeness (QED) is 0.232. The summed E-state index contributed by atoms with van der Waals surface area (Å²) in [6.07, 6.45) is 0. The van der Waals surface area contributed by atoms with Gasteiger partial charge in [-0.05, 0) is 10.2 Å². The van der Waals surface area contributed by atoms with E-state index >= 15 is 0 Å². The molecule has 2 nitrogen and oxygen atoms in total. The first-order valence-electron chi connectivity index (χ1n) is 1.20. The van der Waals surface area contributed by atoms with E-state index in [2.05, 4.69) is 6.55 Å². The average Bonchev–Trinajstić information content (AvgIpc) is 1.50. The largest absolute Gasteiger partial charge is 0.255 e. The first kappa shape index (κ1) is 8.91. The second kappa shape index (κ2) is 764. The minimum atomic E-state index is 1.31. The Balaban J connectivity index is 0. The van der Waals surface area contributed by atoms with E-state index in [-0.39, 0.29) is 0 Å². The zero-order valence-electron chi connectivity index (χ0n) is 2.89. The summed E-state index contributed by atoms with van der Waals surface area (Å²) >= 11 is 0. The van der Waals surface area contributed by atoms with Crippen LogP contribution in [0.3, 0.4) is 0 Å². The van der Waals surface area contributed by atoms with E-state index in [1.165, 1.54) is 10.2 Å². The lowest BCUT2D eigenvalue weighted by Gasteiger charge is -1.25. The zero-order valence-corrected chi connectivity index (χ0v) is 4.89. The van der Waals surface area contributed by atoms with Gasteiger partial charge in [-0.3, -0.25) is 10.5 Å². The Hall–Kier alpha value is 0.137. The third-order valence-electron chi connectivity index (χ3n) is 0. The van der Waals surface area contributed by atoms with Crippen molar-refractivity contribution in [3.8, 4) is 0 Å². The van der Waals surface area contributed by atoms with Gasteiger partial charge in [0, 0.05) is 0 Å². The van der Waals surface area contributed by atoms with Gasteiger partial charge in [-0.1, -0.05) is 6.55 Å². The molecule has 0 spiro atoms. The molecule has 0 amide bonds. The molecule has 2 N–H and O–H groups in total. The molecule has 0 aliphatic rings. The fourth-order valence-electron chi connectivity index (χ4n) is 0. The standard InChI is InChI=1S/CH6Si.H2O2/c2*1-2/h1-2H3;1-2H. The minimum absolute atomic E-state index is 1.31. The summed E-state index contributed by atoms with van der Waals surface area (Å²) in [4.78, 5) is 0. The van der Waals surface area contributed by atoms with Crippen LogP contribution in [-0.2, 0) is 0 Å². The smallest absolute Gasteiger partial charge is 0.000585 e. The van der Waals surface area contributed by atoms with Gasteiger partial charge in [-0.2, -0.15) is 0 Å². The molecule has 0 aliphatic heterocycles. The topological polar surface area (TPSA) is 40.5 Å². The summed E-state index contributed by atoms with van der Waals surface area (Å²) in [6.45, 7) is 2.14. The van der Waals surface area contributed by atoms with Gasteiger partial charge in [0.1, 0.15) is 0 Å². The van der Waals surface area contributed by atoms with Gasteiger partial charge in [0.05, 0.1) is 0 Å². The van der Waals surface area contributed by atoms with E-state index in [1.807, 2.05) is 0 Å². The molecule has 3 heteroatoms. The van der Waals surface area contributed by atoms with E-state index in [0.29, 0.717) is 0 Å². The van der Waals surface area contributed by atoms with Crippen molar-refractivity contribution in [3.63, 3.8) is 0 Å². The normalized spacial score (nSPS) is 3.75. The first-order chi connectivity index (χ1) is 2.00. The monoisotopic (exact) mass is 80.0 g/mol. The van der Waals surface area contributed by atoms with Crippen LogP contribution in [0.2, 0.25) is 6.55 Å². The fraction of sp³-hybridized carbons (Fsp3) is 1.00. The van der Waals surface area contributed by atoms with Crippen molar-refractivity contribution in [2.24, 2.45) is 0 Å². The third-order valence-corrected chi connectivity index (χ3v) is 0. The van der Waals surface area contributed by atoms with Crippen molar-refractivity contribution >= 4 is 10.2 Å².